The van der Waals surface area contributed by atoms with E-state index in [-0.39, 0.29) is 6.10 Å². The molecule has 0 aliphatic heterocycles. The second-order valence-corrected chi connectivity index (χ2v) is 6.41. The van der Waals surface area contributed by atoms with Gasteiger partial charge in [0.2, 0.25) is 0 Å². The molecule has 1 radical (unpaired) electrons. The van der Waals surface area contributed by atoms with Crippen LogP contribution in [0.15, 0.2) is 60.7 Å². The van der Waals surface area contributed by atoms with Gasteiger partial charge in [0.15, 0.2) is 0 Å². The Hall–Kier alpha value is -2.28. The number of hydrogen-bond acceptors (Lipinski definition) is 1. The number of fused-ring (bicyclic) bond motifs is 1. The molecule has 1 heteroatoms. The van der Waals surface area contributed by atoms with E-state index in [1.807, 2.05) is 0 Å². The van der Waals surface area contributed by atoms with Crippen LogP contribution in [0, 0.1) is 20.3 Å². The third-order valence-corrected chi connectivity index (χ3v) is 4.64. The first-order valence-electron chi connectivity index (χ1n) is 8.68. The van der Waals surface area contributed by atoms with Crippen molar-refractivity contribution >= 4 is 10.8 Å². The quantitative estimate of drug-likeness (QED) is 0.499. The minimum atomic E-state index is 0.0753. The molecule has 0 saturated carbocycles. The maximum atomic E-state index is 6.49. The summed E-state index contributed by atoms with van der Waals surface area (Å²) in [6.07, 6.45) is 4.32. The number of benzene rings is 3. The monoisotopic (exact) mass is 317 g/mol. The normalized spacial score (nSPS) is 12.3. The zero-order chi connectivity index (χ0) is 16.9. The molecule has 1 atom stereocenters. The SMILES string of the molecule is C[CH]CCC(Oc1cccc2ccccc12)c1ccc(C)c(C)c1. The lowest BCUT2D eigenvalue weighted by Gasteiger charge is -2.21. The number of aryl methyl sites for hydroxylation is 2. The van der Waals surface area contributed by atoms with Gasteiger partial charge in [0, 0.05) is 5.39 Å². The molecule has 3 rings (SSSR count). The highest BCUT2D eigenvalue weighted by Crippen LogP contribution is 2.32. The topological polar surface area (TPSA) is 9.23 Å². The molecule has 3 aromatic carbocycles. The fraction of sp³-hybridized carbons (Fsp3) is 0.261. The standard InChI is InChI=1S/C23H25O/c1-4-5-12-22(20-15-14-17(2)18(3)16-20)24-23-13-8-10-19-9-6-7-11-21(19)23/h4,6-11,13-16,22H,5,12H2,1-3H3. The Morgan fingerprint density at radius 2 is 1.71 bits per heavy atom. The van der Waals surface area contributed by atoms with Gasteiger partial charge in [0.1, 0.15) is 11.9 Å². The van der Waals surface area contributed by atoms with E-state index in [4.69, 9.17) is 4.74 Å². The van der Waals surface area contributed by atoms with Crippen LogP contribution < -0.4 is 4.74 Å². The van der Waals surface area contributed by atoms with Crippen LogP contribution in [0.1, 0.15) is 42.6 Å². The van der Waals surface area contributed by atoms with Gasteiger partial charge in [0.25, 0.3) is 0 Å². The molecule has 123 valence electrons. The molecule has 0 amide bonds. The Labute approximate surface area is 145 Å². The van der Waals surface area contributed by atoms with Crippen LogP contribution in [-0.2, 0) is 0 Å². The Morgan fingerprint density at radius 3 is 2.50 bits per heavy atom. The predicted octanol–water partition coefficient (Wildman–Crippen LogP) is 6.58. The van der Waals surface area contributed by atoms with Crippen LogP contribution >= 0.6 is 0 Å². The zero-order valence-corrected chi connectivity index (χ0v) is 14.8. The van der Waals surface area contributed by atoms with Crippen molar-refractivity contribution in [1.82, 2.24) is 0 Å². The van der Waals surface area contributed by atoms with E-state index in [1.165, 1.54) is 27.5 Å². The van der Waals surface area contributed by atoms with Crippen molar-refractivity contribution in [2.24, 2.45) is 0 Å². The van der Waals surface area contributed by atoms with E-state index in [1.54, 1.807) is 0 Å². The molecule has 0 aliphatic carbocycles. The van der Waals surface area contributed by atoms with Gasteiger partial charge in [0.05, 0.1) is 0 Å². The van der Waals surface area contributed by atoms with Crippen LogP contribution in [0.2, 0.25) is 0 Å². The minimum Gasteiger partial charge on any atom is -0.485 e. The molecule has 0 fully saturated rings. The van der Waals surface area contributed by atoms with Crippen LogP contribution in [0.25, 0.3) is 10.8 Å². The van der Waals surface area contributed by atoms with Crippen LogP contribution in [0.5, 0.6) is 5.75 Å². The van der Waals surface area contributed by atoms with Gasteiger partial charge in [-0.3, -0.25) is 0 Å². The number of rotatable bonds is 6. The molecule has 0 bridgehead atoms. The highest BCUT2D eigenvalue weighted by molar-refractivity contribution is 5.88. The lowest BCUT2D eigenvalue weighted by Crippen LogP contribution is -2.08. The molecule has 0 N–H and O–H groups in total. The average molecular weight is 317 g/mol. The number of ether oxygens (including phenoxy) is 1. The summed E-state index contributed by atoms with van der Waals surface area (Å²) < 4.78 is 6.49. The van der Waals surface area contributed by atoms with Gasteiger partial charge in [-0.15, -0.1) is 0 Å². The van der Waals surface area contributed by atoms with E-state index in [0.717, 1.165) is 18.6 Å². The third kappa shape index (κ3) is 3.62. The van der Waals surface area contributed by atoms with Crippen molar-refractivity contribution in [3.8, 4) is 5.75 Å². The van der Waals surface area contributed by atoms with Gasteiger partial charge in [-0.2, -0.15) is 0 Å². The Bertz CT molecular complexity index is 814. The molecule has 0 spiro atoms. The van der Waals surface area contributed by atoms with Crippen molar-refractivity contribution < 1.29 is 4.74 Å². The lowest BCUT2D eigenvalue weighted by molar-refractivity contribution is 0.197. The molecule has 3 aromatic rings. The van der Waals surface area contributed by atoms with Gasteiger partial charge < -0.3 is 4.74 Å². The number of hydrogen-bond donors (Lipinski definition) is 0. The predicted molar refractivity (Wildman–Crippen MR) is 102 cm³/mol. The highest BCUT2D eigenvalue weighted by Gasteiger charge is 2.15. The summed E-state index contributed by atoms with van der Waals surface area (Å²) in [4.78, 5) is 0. The zero-order valence-electron chi connectivity index (χ0n) is 14.8. The smallest absolute Gasteiger partial charge is 0.128 e. The van der Waals surface area contributed by atoms with Crippen molar-refractivity contribution in [3.63, 3.8) is 0 Å². The molecule has 0 heterocycles. The van der Waals surface area contributed by atoms with E-state index in [2.05, 4.69) is 87.9 Å². The summed E-state index contributed by atoms with van der Waals surface area (Å²) in [6, 6.07) is 21.3. The van der Waals surface area contributed by atoms with E-state index in [9.17, 15) is 0 Å². The molecule has 0 saturated heterocycles. The van der Waals surface area contributed by atoms with Crippen molar-refractivity contribution in [3.05, 3.63) is 83.8 Å². The summed E-state index contributed by atoms with van der Waals surface area (Å²) in [7, 11) is 0. The fourth-order valence-corrected chi connectivity index (χ4v) is 3.03. The van der Waals surface area contributed by atoms with Crippen LogP contribution in [-0.4, -0.2) is 0 Å². The summed E-state index contributed by atoms with van der Waals surface area (Å²) in [5.41, 5.74) is 3.90. The third-order valence-electron chi connectivity index (χ3n) is 4.64. The largest absolute Gasteiger partial charge is 0.485 e. The minimum absolute atomic E-state index is 0.0753. The second-order valence-electron chi connectivity index (χ2n) is 6.41. The fourth-order valence-electron chi connectivity index (χ4n) is 3.03. The average Bonchev–Trinajstić information content (AvgIpc) is 2.61. The maximum Gasteiger partial charge on any atom is 0.128 e. The summed E-state index contributed by atoms with van der Waals surface area (Å²) in [5, 5.41) is 2.39. The first kappa shape index (κ1) is 16.6. The molecule has 24 heavy (non-hydrogen) atoms. The Balaban J connectivity index is 1.95. The van der Waals surface area contributed by atoms with Gasteiger partial charge in [-0.25, -0.2) is 0 Å². The highest BCUT2D eigenvalue weighted by atomic mass is 16.5. The lowest BCUT2D eigenvalue weighted by atomic mass is 9.99. The van der Waals surface area contributed by atoms with Gasteiger partial charge >= 0.3 is 0 Å². The van der Waals surface area contributed by atoms with Gasteiger partial charge in [-0.05, 0) is 61.3 Å². The van der Waals surface area contributed by atoms with Gasteiger partial charge in [-0.1, -0.05) is 61.5 Å². The van der Waals surface area contributed by atoms with Crippen molar-refractivity contribution in [2.45, 2.75) is 39.7 Å². The van der Waals surface area contributed by atoms with Crippen LogP contribution in [0.3, 0.4) is 0 Å². The molecule has 1 nitrogen and oxygen atoms in total. The second kappa shape index (κ2) is 7.53. The maximum absolute atomic E-state index is 6.49. The summed E-state index contributed by atoms with van der Waals surface area (Å²) in [6.45, 7) is 6.43. The first-order chi connectivity index (χ1) is 11.7. The molecule has 1 unspecified atom stereocenters. The Kier molecular flexibility index (Phi) is 5.20. The van der Waals surface area contributed by atoms with Crippen molar-refractivity contribution in [1.29, 1.82) is 0 Å². The molecular weight excluding hydrogens is 292 g/mol. The Morgan fingerprint density at radius 1 is 0.917 bits per heavy atom. The van der Waals surface area contributed by atoms with E-state index >= 15 is 0 Å². The summed E-state index contributed by atoms with van der Waals surface area (Å²) >= 11 is 0. The first-order valence-corrected chi connectivity index (χ1v) is 8.68. The van der Waals surface area contributed by atoms with E-state index in [0.29, 0.717) is 0 Å². The van der Waals surface area contributed by atoms with Crippen molar-refractivity contribution in [2.75, 3.05) is 0 Å². The van der Waals surface area contributed by atoms with Crippen LogP contribution in [0.4, 0.5) is 0 Å². The summed E-state index contributed by atoms with van der Waals surface area (Å²) in [5.74, 6) is 0.965. The molecule has 0 aliphatic rings. The number of unbranched alkanes of at least 4 members (excludes halogenated alkanes) is 1. The molecule has 0 aromatic heterocycles. The molecular formula is C23H25O. The van der Waals surface area contributed by atoms with E-state index < -0.39 is 0 Å².